The number of hydrogen-bond acceptors (Lipinski definition) is 5. The van der Waals surface area contributed by atoms with Crippen LogP contribution in [0.1, 0.15) is 18.3 Å². The van der Waals surface area contributed by atoms with Gasteiger partial charge in [0, 0.05) is 5.56 Å². The zero-order valence-corrected chi connectivity index (χ0v) is 13.9. The lowest BCUT2D eigenvalue weighted by atomic mass is 10.0. The second-order valence-corrected chi connectivity index (χ2v) is 6.02. The van der Waals surface area contributed by atoms with E-state index in [9.17, 15) is 0 Å². The molecule has 0 bridgehead atoms. The fraction of sp³-hybridized carbons (Fsp3) is 0.263. The largest absolute Gasteiger partial charge is 0.457 e. The molecule has 2 unspecified atom stereocenters. The predicted molar refractivity (Wildman–Crippen MR) is 91.2 cm³/mol. The van der Waals surface area contributed by atoms with Crippen LogP contribution in [0, 0.1) is 0 Å². The summed E-state index contributed by atoms with van der Waals surface area (Å²) in [5.41, 5.74) is 0.919. The van der Waals surface area contributed by atoms with Gasteiger partial charge in [0.25, 0.3) is 0 Å². The van der Waals surface area contributed by atoms with Gasteiger partial charge in [-0.15, -0.1) is 0 Å². The fourth-order valence-corrected chi connectivity index (χ4v) is 2.92. The minimum atomic E-state index is -0.868. The summed E-state index contributed by atoms with van der Waals surface area (Å²) in [5, 5.41) is 6.86. The highest BCUT2D eigenvalue weighted by molar-refractivity contribution is 5.35. The molecule has 4 rings (SSSR count). The molecule has 6 nitrogen and oxygen atoms in total. The molecule has 6 heteroatoms. The van der Waals surface area contributed by atoms with Gasteiger partial charge in [0.2, 0.25) is 5.79 Å². The molecule has 0 amide bonds. The number of rotatable bonds is 5. The van der Waals surface area contributed by atoms with Crippen molar-refractivity contribution < 1.29 is 14.2 Å². The Morgan fingerprint density at radius 3 is 2.52 bits per heavy atom. The van der Waals surface area contributed by atoms with E-state index in [2.05, 4.69) is 15.2 Å². The average molecular weight is 337 g/mol. The molecule has 2 atom stereocenters. The quantitative estimate of drug-likeness (QED) is 0.772. The molecule has 0 aliphatic carbocycles. The van der Waals surface area contributed by atoms with E-state index >= 15 is 0 Å². The van der Waals surface area contributed by atoms with Gasteiger partial charge >= 0.3 is 0 Å². The molecule has 0 saturated carbocycles. The molecule has 0 spiro atoms. The average Bonchev–Trinajstić information content (AvgIpc) is 3.27. The van der Waals surface area contributed by atoms with Gasteiger partial charge in [-0.3, -0.25) is 5.10 Å². The molecule has 1 aliphatic heterocycles. The molecule has 1 aliphatic rings. The first-order chi connectivity index (χ1) is 12.2. The summed E-state index contributed by atoms with van der Waals surface area (Å²) in [7, 11) is 0. The topological polar surface area (TPSA) is 69.3 Å². The van der Waals surface area contributed by atoms with Crippen molar-refractivity contribution in [3.8, 4) is 11.5 Å². The molecule has 2 aromatic carbocycles. The Balaban J connectivity index is 1.57. The highest BCUT2D eigenvalue weighted by atomic mass is 16.7. The molecule has 2 heterocycles. The minimum absolute atomic E-state index is 0.0131. The van der Waals surface area contributed by atoms with Gasteiger partial charge < -0.3 is 14.2 Å². The number of ether oxygens (including phenoxy) is 3. The number of benzene rings is 2. The number of H-pyrrole nitrogens is 1. The summed E-state index contributed by atoms with van der Waals surface area (Å²) in [6, 6.07) is 17.4. The van der Waals surface area contributed by atoms with Crippen LogP contribution in [0.4, 0.5) is 0 Å². The van der Waals surface area contributed by atoms with Crippen LogP contribution < -0.4 is 4.74 Å². The van der Waals surface area contributed by atoms with Gasteiger partial charge in [-0.25, -0.2) is 4.98 Å². The van der Waals surface area contributed by atoms with Crippen molar-refractivity contribution in [2.75, 3.05) is 6.61 Å². The molecular formula is C19H19N3O3. The third-order valence-electron chi connectivity index (χ3n) is 4.07. The molecule has 128 valence electrons. The monoisotopic (exact) mass is 337 g/mol. The van der Waals surface area contributed by atoms with Crippen LogP contribution in [0.15, 0.2) is 60.9 Å². The fourth-order valence-electron chi connectivity index (χ4n) is 2.92. The SMILES string of the molecule is CC1COC(Cc2nc[nH]n2)(c2ccc(Oc3ccccc3)cc2)O1. The molecule has 1 N–H and O–H groups in total. The lowest BCUT2D eigenvalue weighted by molar-refractivity contribution is -0.175. The van der Waals surface area contributed by atoms with Crippen molar-refractivity contribution in [3.63, 3.8) is 0 Å². The Kier molecular flexibility index (Phi) is 4.21. The highest BCUT2D eigenvalue weighted by Gasteiger charge is 2.42. The third kappa shape index (κ3) is 3.40. The van der Waals surface area contributed by atoms with E-state index in [1.165, 1.54) is 0 Å². The maximum atomic E-state index is 6.11. The summed E-state index contributed by atoms with van der Waals surface area (Å²) in [6.07, 6.45) is 2.01. The summed E-state index contributed by atoms with van der Waals surface area (Å²) in [5.74, 6) is 1.34. The van der Waals surface area contributed by atoms with Gasteiger partial charge in [-0.2, -0.15) is 5.10 Å². The number of nitrogens with zero attached hydrogens (tertiary/aromatic N) is 2. The Labute approximate surface area is 145 Å². The van der Waals surface area contributed by atoms with Crippen molar-refractivity contribution >= 4 is 0 Å². The van der Waals surface area contributed by atoms with Crippen molar-refractivity contribution in [1.82, 2.24) is 15.2 Å². The Morgan fingerprint density at radius 1 is 1.12 bits per heavy atom. The second kappa shape index (κ2) is 6.66. The van der Waals surface area contributed by atoms with Crippen molar-refractivity contribution in [2.24, 2.45) is 0 Å². The van der Waals surface area contributed by atoms with E-state index in [0.29, 0.717) is 18.9 Å². The van der Waals surface area contributed by atoms with Crippen LogP contribution in [0.2, 0.25) is 0 Å². The maximum absolute atomic E-state index is 6.11. The van der Waals surface area contributed by atoms with E-state index < -0.39 is 5.79 Å². The molecule has 0 radical (unpaired) electrons. The van der Waals surface area contributed by atoms with E-state index in [0.717, 1.165) is 17.1 Å². The van der Waals surface area contributed by atoms with Gasteiger partial charge in [0.1, 0.15) is 17.8 Å². The van der Waals surface area contributed by atoms with Crippen molar-refractivity contribution in [3.05, 3.63) is 72.3 Å². The number of nitrogens with one attached hydrogen (secondary N) is 1. The van der Waals surface area contributed by atoms with Crippen LogP contribution in [0.3, 0.4) is 0 Å². The van der Waals surface area contributed by atoms with E-state index in [-0.39, 0.29) is 6.10 Å². The van der Waals surface area contributed by atoms with Crippen LogP contribution >= 0.6 is 0 Å². The summed E-state index contributed by atoms with van der Waals surface area (Å²) in [6.45, 7) is 2.53. The van der Waals surface area contributed by atoms with E-state index in [1.807, 2.05) is 61.5 Å². The Morgan fingerprint density at radius 2 is 1.88 bits per heavy atom. The molecule has 1 aromatic heterocycles. The first-order valence-electron chi connectivity index (χ1n) is 8.23. The van der Waals surface area contributed by atoms with Gasteiger partial charge in [-0.05, 0) is 43.3 Å². The third-order valence-corrected chi connectivity index (χ3v) is 4.07. The zero-order chi connectivity index (χ0) is 17.1. The first kappa shape index (κ1) is 15.8. The normalized spacial score (nSPS) is 22.8. The predicted octanol–water partition coefficient (Wildman–Crippen LogP) is 3.43. The number of aromatic amines is 1. The molecule has 25 heavy (non-hydrogen) atoms. The smallest absolute Gasteiger partial charge is 0.202 e. The Bertz CT molecular complexity index is 806. The lowest BCUT2D eigenvalue weighted by Gasteiger charge is -2.27. The maximum Gasteiger partial charge on any atom is 0.202 e. The van der Waals surface area contributed by atoms with Crippen LogP contribution in [0.5, 0.6) is 11.5 Å². The van der Waals surface area contributed by atoms with Crippen LogP contribution in [-0.2, 0) is 21.7 Å². The van der Waals surface area contributed by atoms with E-state index in [4.69, 9.17) is 14.2 Å². The zero-order valence-electron chi connectivity index (χ0n) is 13.9. The standard InChI is InChI=1S/C19H19N3O3/c1-14-12-23-19(25-14,11-18-20-13-21-22-18)15-7-9-17(10-8-15)24-16-5-3-2-4-6-16/h2-10,13-14H,11-12H2,1H3,(H,20,21,22). The van der Waals surface area contributed by atoms with Crippen molar-refractivity contribution in [2.45, 2.75) is 25.2 Å². The molecule has 1 saturated heterocycles. The molecule has 1 fully saturated rings. The van der Waals surface area contributed by atoms with Gasteiger partial charge in [-0.1, -0.05) is 18.2 Å². The molecule has 3 aromatic rings. The van der Waals surface area contributed by atoms with E-state index in [1.54, 1.807) is 6.33 Å². The highest BCUT2D eigenvalue weighted by Crippen LogP contribution is 2.37. The second-order valence-electron chi connectivity index (χ2n) is 6.02. The van der Waals surface area contributed by atoms with Gasteiger partial charge in [0.05, 0.1) is 19.1 Å². The van der Waals surface area contributed by atoms with Crippen LogP contribution in [-0.4, -0.2) is 27.9 Å². The Hall–Kier alpha value is -2.70. The van der Waals surface area contributed by atoms with Crippen LogP contribution in [0.25, 0.3) is 0 Å². The van der Waals surface area contributed by atoms with Crippen molar-refractivity contribution in [1.29, 1.82) is 0 Å². The summed E-state index contributed by atoms with van der Waals surface area (Å²) >= 11 is 0. The number of aromatic nitrogens is 3. The summed E-state index contributed by atoms with van der Waals surface area (Å²) in [4.78, 5) is 4.20. The summed E-state index contributed by atoms with van der Waals surface area (Å²) < 4.78 is 18.0. The lowest BCUT2D eigenvalue weighted by Crippen LogP contribution is -2.31. The minimum Gasteiger partial charge on any atom is -0.457 e. The first-order valence-corrected chi connectivity index (χ1v) is 8.23. The van der Waals surface area contributed by atoms with Gasteiger partial charge in [0.15, 0.2) is 5.82 Å². The molecular weight excluding hydrogens is 318 g/mol. The number of para-hydroxylation sites is 1. The number of hydrogen-bond donors (Lipinski definition) is 1.